The molecule has 402 valence electrons. The second-order valence-corrected chi connectivity index (χ2v) is 20.9. The molecule has 0 aliphatic carbocycles. The summed E-state index contributed by atoms with van der Waals surface area (Å²) in [5.41, 5.74) is 0. The zero-order valence-electron chi connectivity index (χ0n) is 43.4. The molecule has 0 aromatic carbocycles. The second-order valence-electron chi connectivity index (χ2n) is 19.9. The number of aliphatic hydroxyl groups excluding tert-OH is 4. The van der Waals surface area contributed by atoms with E-state index in [2.05, 4.69) is 47.7 Å². The summed E-state index contributed by atoms with van der Waals surface area (Å²) in [6.45, 7) is 3.47. The maximum absolute atomic E-state index is 13.1. The summed E-state index contributed by atoms with van der Waals surface area (Å²) in [5, 5.41) is 45.0. The topological polar surface area (TPSA) is 192 Å². The van der Waals surface area contributed by atoms with Crippen LogP contribution in [0.3, 0.4) is 0 Å². The number of allylic oxidation sites excluding steroid dienone is 4. The number of rotatable bonds is 49. The Morgan fingerprint density at radius 1 is 0.588 bits per heavy atom. The van der Waals surface area contributed by atoms with Gasteiger partial charge in [-0.1, -0.05) is 237 Å². The van der Waals surface area contributed by atoms with Crippen molar-refractivity contribution in [2.75, 3.05) is 13.2 Å². The predicted octanol–water partition coefficient (Wildman–Crippen LogP) is 12.8. The highest BCUT2D eigenvalue weighted by molar-refractivity contribution is 7.80. The molecule has 7 atom stereocenters. The fourth-order valence-electron chi connectivity index (χ4n) is 9.14. The molecule has 1 heterocycles. The van der Waals surface area contributed by atoms with Crippen LogP contribution in [0.4, 0.5) is 0 Å². The van der Waals surface area contributed by atoms with Crippen LogP contribution in [0.15, 0.2) is 24.3 Å². The number of hydrogen-bond donors (Lipinski definition) is 6. The number of hydrogen-bond acceptors (Lipinski definition) is 10. The minimum atomic E-state index is -5.08. The Bertz CT molecular complexity index is 1300. The van der Waals surface area contributed by atoms with E-state index in [-0.39, 0.29) is 12.5 Å². The molecule has 0 bridgehead atoms. The van der Waals surface area contributed by atoms with E-state index in [4.69, 9.17) is 9.47 Å². The quantitative estimate of drug-likeness (QED) is 0.0193. The van der Waals surface area contributed by atoms with E-state index in [1.807, 2.05) is 0 Å². The molecule has 1 aliphatic rings. The van der Waals surface area contributed by atoms with E-state index in [0.29, 0.717) is 19.3 Å². The first-order valence-electron chi connectivity index (χ1n) is 28.2. The van der Waals surface area contributed by atoms with Crippen LogP contribution in [0.1, 0.15) is 264 Å². The second kappa shape index (κ2) is 45.4. The summed E-state index contributed by atoms with van der Waals surface area (Å²) < 4.78 is 47.8. The van der Waals surface area contributed by atoms with Crippen molar-refractivity contribution in [2.24, 2.45) is 0 Å². The van der Waals surface area contributed by atoms with Crippen LogP contribution in [0.25, 0.3) is 0 Å². The average molecular weight is 989 g/mol. The van der Waals surface area contributed by atoms with Gasteiger partial charge in [-0.2, -0.15) is 8.42 Å². The van der Waals surface area contributed by atoms with Gasteiger partial charge in [0.15, 0.2) is 6.29 Å². The molecule has 0 radical (unpaired) electrons. The summed E-state index contributed by atoms with van der Waals surface area (Å²) in [5.74, 6) is -0.230. The zero-order chi connectivity index (χ0) is 49.8. The minimum Gasteiger partial charge on any atom is -0.394 e. The van der Waals surface area contributed by atoms with Gasteiger partial charge in [0, 0.05) is 6.42 Å². The SMILES string of the molecule is CCCCCCCCCCC/C=C\C/C=C\CCCCCCCCCCCCCC(=O)NC(COC1OC(CO)C(O)C(OS(=O)(=O)O)C1O)C(O)CCCCCCCCCCCCCCCC. The number of amides is 1. The van der Waals surface area contributed by atoms with Crippen molar-refractivity contribution in [3.05, 3.63) is 24.3 Å². The molecule has 1 aliphatic heterocycles. The van der Waals surface area contributed by atoms with Crippen LogP contribution in [-0.4, -0.2) is 95.4 Å². The van der Waals surface area contributed by atoms with Crippen molar-refractivity contribution < 1.29 is 51.8 Å². The van der Waals surface area contributed by atoms with Crippen molar-refractivity contribution in [2.45, 2.75) is 307 Å². The van der Waals surface area contributed by atoms with Crippen LogP contribution in [-0.2, 0) is 28.9 Å². The van der Waals surface area contributed by atoms with E-state index in [9.17, 15) is 38.2 Å². The molecule has 6 N–H and O–H groups in total. The fourth-order valence-corrected chi connectivity index (χ4v) is 9.65. The molecule has 1 amide bonds. The molecule has 0 saturated carbocycles. The summed E-state index contributed by atoms with van der Waals surface area (Å²) in [4.78, 5) is 13.1. The normalized spacial score (nSPS) is 19.9. The Morgan fingerprint density at radius 2 is 0.985 bits per heavy atom. The highest BCUT2D eigenvalue weighted by Crippen LogP contribution is 2.26. The monoisotopic (exact) mass is 988 g/mol. The molecule has 1 fully saturated rings. The van der Waals surface area contributed by atoms with Crippen molar-refractivity contribution >= 4 is 16.3 Å². The van der Waals surface area contributed by atoms with E-state index < -0.39 is 59.9 Å². The lowest BCUT2D eigenvalue weighted by Crippen LogP contribution is -2.61. The predicted molar refractivity (Wildman–Crippen MR) is 278 cm³/mol. The van der Waals surface area contributed by atoms with E-state index in [0.717, 1.165) is 51.4 Å². The molecule has 7 unspecified atom stereocenters. The summed E-state index contributed by atoms with van der Waals surface area (Å²) in [7, 11) is -5.08. The van der Waals surface area contributed by atoms with Gasteiger partial charge in [0.1, 0.15) is 24.4 Å². The fraction of sp³-hybridized carbons (Fsp3) is 0.909. The third kappa shape index (κ3) is 37.4. The number of carbonyl (C=O) groups is 1. The summed E-state index contributed by atoms with van der Waals surface area (Å²) in [6.07, 6.45) is 46.1. The van der Waals surface area contributed by atoms with Gasteiger partial charge in [-0.3, -0.25) is 9.35 Å². The summed E-state index contributed by atoms with van der Waals surface area (Å²) >= 11 is 0. The smallest absolute Gasteiger partial charge is 0.394 e. The van der Waals surface area contributed by atoms with E-state index in [1.54, 1.807) is 0 Å². The van der Waals surface area contributed by atoms with Crippen LogP contribution in [0.5, 0.6) is 0 Å². The lowest BCUT2D eigenvalue weighted by atomic mass is 9.99. The van der Waals surface area contributed by atoms with Gasteiger partial charge in [-0.15, -0.1) is 0 Å². The minimum absolute atomic E-state index is 0.230. The zero-order valence-corrected chi connectivity index (χ0v) is 44.3. The highest BCUT2D eigenvalue weighted by Gasteiger charge is 2.48. The first-order valence-corrected chi connectivity index (χ1v) is 29.6. The van der Waals surface area contributed by atoms with Gasteiger partial charge in [0.2, 0.25) is 5.91 Å². The molecule has 68 heavy (non-hydrogen) atoms. The third-order valence-corrected chi connectivity index (χ3v) is 14.0. The molecule has 1 saturated heterocycles. The molecule has 0 aromatic heterocycles. The van der Waals surface area contributed by atoms with Crippen molar-refractivity contribution in [3.8, 4) is 0 Å². The van der Waals surface area contributed by atoms with Gasteiger partial charge < -0.3 is 35.2 Å². The van der Waals surface area contributed by atoms with E-state index >= 15 is 0 Å². The number of carbonyl (C=O) groups excluding carboxylic acids is 1. The highest BCUT2D eigenvalue weighted by atomic mass is 32.3. The molecular formula is C55H105NO11S. The molecule has 0 spiro atoms. The van der Waals surface area contributed by atoms with Gasteiger partial charge in [-0.25, -0.2) is 4.18 Å². The Morgan fingerprint density at radius 3 is 1.40 bits per heavy atom. The third-order valence-electron chi connectivity index (χ3n) is 13.5. The molecule has 1 rings (SSSR count). The standard InChI is InChI=1S/C55H105NO11S/c1-3-5-7-9-11-13-15-17-19-20-21-22-23-24-25-26-27-28-29-30-31-33-35-37-39-41-43-45-51(59)56-48(47-65-55-53(61)54(67-68(62,63)64)52(60)50(46-57)66-55)49(58)44-42-40-38-36-34-32-18-16-14-12-10-8-6-4-2/h21-22,24-25,48-50,52-55,57-58,60-61H,3-20,23,26-47H2,1-2H3,(H,56,59)(H,62,63,64)/b22-21-,25-24-. The van der Waals surface area contributed by atoms with Gasteiger partial charge in [0.05, 0.1) is 25.4 Å². The Labute approximate surface area is 416 Å². The van der Waals surface area contributed by atoms with Gasteiger partial charge in [0.25, 0.3) is 0 Å². The average Bonchev–Trinajstić information content (AvgIpc) is 3.31. The number of nitrogens with one attached hydrogen (secondary N) is 1. The first kappa shape index (κ1) is 64.6. The Kier molecular flexibility index (Phi) is 43.2. The van der Waals surface area contributed by atoms with Crippen LogP contribution in [0.2, 0.25) is 0 Å². The maximum atomic E-state index is 13.1. The molecule has 12 nitrogen and oxygen atoms in total. The van der Waals surface area contributed by atoms with Crippen molar-refractivity contribution in [1.82, 2.24) is 5.32 Å². The number of aliphatic hydroxyl groups is 4. The molecule has 0 aromatic rings. The van der Waals surface area contributed by atoms with Crippen LogP contribution < -0.4 is 5.32 Å². The lowest BCUT2D eigenvalue weighted by Gasteiger charge is -2.41. The molecular weight excluding hydrogens is 883 g/mol. The van der Waals surface area contributed by atoms with Crippen molar-refractivity contribution in [3.63, 3.8) is 0 Å². The lowest BCUT2D eigenvalue weighted by molar-refractivity contribution is -0.298. The largest absolute Gasteiger partial charge is 0.397 e. The maximum Gasteiger partial charge on any atom is 0.397 e. The Balaban J connectivity index is 2.32. The van der Waals surface area contributed by atoms with E-state index in [1.165, 1.54) is 180 Å². The Hall–Kier alpha value is -1.42. The summed E-state index contributed by atoms with van der Waals surface area (Å²) in [6, 6.07) is -0.858. The van der Waals surface area contributed by atoms with Crippen molar-refractivity contribution in [1.29, 1.82) is 0 Å². The van der Waals surface area contributed by atoms with Gasteiger partial charge >= 0.3 is 10.4 Å². The van der Waals surface area contributed by atoms with Crippen LogP contribution in [0, 0.1) is 0 Å². The number of ether oxygens (including phenoxy) is 2. The van der Waals surface area contributed by atoms with Crippen LogP contribution >= 0.6 is 0 Å². The number of unbranched alkanes of at least 4 members (excludes halogenated alkanes) is 33. The molecule has 13 heteroatoms. The van der Waals surface area contributed by atoms with Gasteiger partial charge in [-0.05, 0) is 44.9 Å². The first-order chi connectivity index (χ1) is 33.0.